The first-order valence-electron chi connectivity index (χ1n) is 6.87. The minimum atomic E-state index is -4.76. The number of hydrogen-bond acceptors (Lipinski definition) is 4. The van der Waals surface area contributed by atoms with Gasteiger partial charge in [0.1, 0.15) is 11.5 Å². The number of rotatable bonds is 1. The highest BCUT2D eigenvalue weighted by Gasteiger charge is 2.57. The van der Waals surface area contributed by atoms with E-state index in [0.29, 0.717) is 5.01 Å². The largest absolute Gasteiger partial charge is 0.507 e. The Hall–Kier alpha value is -2.09. The number of halogens is 3. The summed E-state index contributed by atoms with van der Waals surface area (Å²) in [7, 11) is 0. The number of nitrogens with zero attached hydrogens (tertiary/aromatic N) is 2. The van der Waals surface area contributed by atoms with Crippen LogP contribution in [-0.4, -0.2) is 38.7 Å². The van der Waals surface area contributed by atoms with Crippen molar-refractivity contribution in [2.45, 2.75) is 39.1 Å². The second-order valence-corrected chi connectivity index (χ2v) is 6.42. The van der Waals surface area contributed by atoms with Crippen molar-refractivity contribution in [1.29, 1.82) is 0 Å². The maximum atomic E-state index is 13.0. The summed E-state index contributed by atoms with van der Waals surface area (Å²) in [4.78, 5) is 12.5. The Morgan fingerprint density at radius 3 is 2.30 bits per heavy atom. The van der Waals surface area contributed by atoms with Crippen molar-refractivity contribution in [3.63, 3.8) is 0 Å². The van der Waals surface area contributed by atoms with Crippen molar-refractivity contribution in [2.75, 3.05) is 0 Å². The Morgan fingerprint density at radius 2 is 1.83 bits per heavy atom. The van der Waals surface area contributed by atoms with E-state index in [4.69, 9.17) is 0 Å². The molecule has 0 aromatic heterocycles. The fourth-order valence-corrected chi connectivity index (χ4v) is 2.27. The number of hydrogen-bond donors (Lipinski definition) is 2. The third-order valence-electron chi connectivity index (χ3n) is 3.84. The Balaban J connectivity index is 2.53. The first-order valence-corrected chi connectivity index (χ1v) is 6.87. The van der Waals surface area contributed by atoms with Crippen LogP contribution < -0.4 is 0 Å². The Bertz CT molecular complexity index is 665. The summed E-state index contributed by atoms with van der Waals surface area (Å²) in [6, 6.07) is 5.40. The fraction of sp³-hybridized carbons (Fsp3) is 0.467. The van der Waals surface area contributed by atoms with E-state index in [2.05, 4.69) is 5.10 Å². The van der Waals surface area contributed by atoms with E-state index in [0.717, 1.165) is 0 Å². The van der Waals surface area contributed by atoms with Crippen molar-refractivity contribution in [3.05, 3.63) is 29.8 Å². The van der Waals surface area contributed by atoms with Gasteiger partial charge < -0.3 is 10.2 Å². The summed E-state index contributed by atoms with van der Waals surface area (Å²) in [6.07, 6.45) is -5.59. The molecule has 0 aliphatic carbocycles. The van der Waals surface area contributed by atoms with Crippen LogP contribution in [0.25, 0.3) is 0 Å². The number of carbonyl (C=O) groups excluding carboxylic acids is 1. The van der Waals surface area contributed by atoms with Crippen LogP contribution in [0.4, 0.5) is 13.2 Å². The number of phenols is 1. The van der Waals surface area contributed by atoms with Gasteiger partial charge in [-0.05, 0) is 12.1 Å². The molecule has 5 nitrogen and oxygen atoms in total. The van der Waals surface area contributed by atoms with Crippen LogP contribution in [0.2, 0.25) is 0 Å². The Kier molecular flexibility index (Phi) is 3.92. The van der Waals surface area contributed by atoms with Crippen molar-refractivity contribution in [3.8, 4) is 5.75 Å². The van der Waals surface area contributed by atoms with E-state index in [1.54, 1.807) is 0 Å². The molecule has 1 heterocycles. The third kappa shape index (κ3) is 2.90. The van der Waals surface area contributed by atoms with Gasteiger partial charge in [-0.25, -0.2) is 0 Å². The molecule has 0 spiro atoms. The SMILES string of the molecule is CC(C)(C)C1(O)CC(C(F)(F)F)=NN1C(=O)c1ccccc1O. The average Bonchev–Trinajstić information content (AvgIpc) is 2.77. The molecule has 2 N–H and O–H groups in total. The average molecular weight is 330 g/mol. The first kappa shape index (κ1) is 17.3. The van der Waals surface area contributed by atoms with Crippen LogP contribution in [0.5, 0.6) is 5.75 Å². The van der Waals surface area contributed by atoms with Gasteiger partial charge in [0, 0.05) is 11.8 Å². The van der Waals surface area contributed by atoms with Crippen molar-refractivity contribution in [1.82, 2.24) is 5.01 Å². The van der Waals surface area contributed by atoms with Gasteiger partial charge >= 0.3 is 6.18 Å². The molecule has 1 amide bonds. The van der Waals surface area contributed by atoms with E-state index in [1.807, 2.05) is 0 Å². The summed E-state index contributed by atoms with van der Waals surface area (Å²) >= 11 is 0. The number of benzene rings is 1. The normalized spacial score (nSPS) is 22.2. The molecule has 1 aromatic carbocycles. The number of hydrazone groups is 1. The Labute approximate surface area is 131 Å². The number of alkyl halides is 3. The van der Waals surface area contributed by atoms with Gasteiger partial charge in [0.15, 0.2) is 5.72 Å². The molecular formula is C15H17F3N2O3. The quantitative estimate of drug-likeness (QED) is 0.831. The molecule has 23 heavy (non-hydrogen) atoms. The van der Waals surface area contributed by atoms with Crippen LogP contribution in [0, 0.1) is 5.41 Å². The molecule has 1 aliphatic rings. The zero-order valence-electron chi connectivity index (χ0n) is 12.8. The highest BCUT2D eigenvalue weighted by Crippen LogP contribution is 2.44. The number of para-hydroxylation sites is 1. The fourth-order valence-electron chi connectivity index (χ4n) is 2.27. The van der Waals surface area contributed by atoms with Gasteiger partial charge in [-0.3, -0.25) is 4.79 Å². The van der Waals surface area contributed by atoms with Crippen LogP contribution >= 0.6 is 0 Å². The molecule has 0 bridgehead atoms. The molecule has 0 saturated carbocycles. The van der Waals surface area contributed by atoms with Gasteiger partial charge in [0.2, 0.25) is 0 Å². The number of carbonyl (C=O) groups is 1. The van der Waals surface area contributed by atoms with Crippen LogP contribution in [-0.2, 0) is 0 Å². The minimum absolute atomic E-state index is 0.234. The van der Waals surface area contributed by atoms with Crippen LogP contribution in [0.3, 0.4) is 0 Å². The van der Waals surface area contributed by atoms with E-state index in [-0.39, 0.29) is 5.56 Å². The Morgan fingerprint density at radius 1 is 1.26 bits per heavy atom. The molecule has 0 radical (unpaired) electrons. The predicted octanol–water partition coefficient (Wildman–Crippen LogP) is 2.89. The molecule has 1 atom stereocenters. The van der Waals surface area contributed by atoms with Gasteiger partial charge in [0.05, 0.1) is 5.56 Å². The van der Waals surface area contributed by atoms with Gasteiger partial charge in [-0.2, -0.15) is 23.3 Å². The molecule has 8 heteroatoms. The van der Waals surface area contributed by atoms with Gasteiger partial charge in [0.25, 0.3) is 5.91 Å². The van der Waals surface area contributed by atoms with Crippen molar-refractivity contribution in [2.24, 2.45) is 10.5 Å². The number of amides is 1. The molecule has 0 fully saturated rings. The minimum Gasteiger partial charge on any atom is -0.507 e. The van der Waals surface area contributed by atoms with Crippen molar-refractivity contribution >= 4 is 11.6 Å². The van der Waals surface area contributed by atoms with E-state index >= 15 is 0 Å². The highest BCUT2D eigenvalue weighted by molar-refractivity contribution is 6.01. The van der Waals surface area contributed by atoms with Crippen LogP contribution in [0.1, 0.15) is 37.6 Å². The molecule has 1 aliphatic heterocycles. The summed E-state index contributed by atoms with van der Waals surface area (Å²) in [6.45, 7) is 4.52. The summed E-state index contributed by atoms with van der Waals surface area (Å²) in [5, 5.41) is 24.2. The number of aromatic hydroxyl groups is 1. The maximum absolute atomic E-state index is 13.0. The number of phenolic OH excluding ortho intramolecular Hbond substituents is 1. The molecule has 126 valence electrons. The lowest BCUT2D eigenvalue weighted by Gasteiger charge is -2.41. The van der Waals surface area contributed by atoms with E-state index in [1.165, 1.54) is 45.0 Å². The summed E-state index contributed by atoms with van der Waals surface area (Å²) in [5.41, 5.74) is -4.72. The third-order valence-corrected chi connectivity index (χ3v) is 3.84. The topological polar surface area (TPSA) is 73.1 Å². The number of aliphatic hydroxyl groups is 1. The van der Waals surface area contributed by atoms with Crippen molar-refractivity contribution < 1.29 is 28.2 Å². The smallest absolute Gasteiger partial charge is 0.431 e. The lowest BCUT2D eigenvalue weighted by molar-refractivity contribution is -0.144. The molecule has 1 unspecified atom stereocenters. The second kappa shape index (κ2) is 5.23. The van der Waals surface area contributed by atoms with E-state index < -0.39 is 41.1 Å². The zero-order chi connectivity index (χ0) is 17.6. The summed E-state index contributed by atoms with van der Waals surface area (Å²) in [5.74, 6) is -1.40. The molecular weight excluding hydrogens is 313 g/mol. The molecule has 1 aromatic rings. The molecule has 0 saturated heterocycles. The lowest BCUT2D eigenvalue weighted by Crippen LogP contribution is -2.55. The summed E-state index contributed by atoms with van der Waals surface area (Å²) < 4.78 is 38.9. The molecule has 2 rings (SSSR count). The maximum Gasteiger partial charge on any atom is 0.431 e. The van der Waals surface area contributed by atoms with E-state index in [9.17, 15) is 28.2 Å². The second-order valence-electron chi connectivity index (χ2n) is 6.42. The zero-order valence-corrected chi connectivity index (χ0v) is 12.8. The van der Waals surface area contributed by atoms with Crippen LogP contribution in [0.15, 0.2) is 29.4 Å². The standard InChI is InChI=1S/C15H17F3N2O3/c1-13(2,3)14(23)8-11(15(16,17)18)19-20(14)12(22)9-6-4-5-7-10(9)21/h4-7,21,23H,8H2,1-3H3. The first-order chi connectivity index (χ1) is 10.4. The highest BCUT2D eigenvalue weighted by atomic mass is 19.4. The lowest BCUT2D eigenvalue weighted by atomic mass is 9.80. The monoisotopic (exact) mass is 330 g/mol. The predicted molar refractivity (Wildman–Crippen MR) is 76.8 cm³/mol. The van der Waals surface area contributed by atoms with Gasteiger partial charge in [-0.1, -0.05) is 32.9 Å². The van der Waals surface area contributed by atoms with Gasteiger partial charge in [-0.15, -0.1) is 0 Å².